The van der Waals surface area contributed by atoms with Gasteiger partial charge in [-0.1, -0.05) is 17.3 Å². The van der Waals surface area contributed by atoms with E-state index in [0.717, 1.165) is 4.90 Å². The number of amides is 4. The molecule has 5 aromatic rings. The lowest BCUT2D eigenvalue weighted by Crippen LogP contribution is -2.53. The van der Waals surface area contributed by atoms with Crippen molar-refractivity contribution in [1.29, 1.82) is 0 Å². The number of carbonyl (C=O) groups is 5. The average Bonchev–Trinajstić information content (AvgIpc) is 3.56. The number of H-pyrrole nitrogens is 1. The predicted octanol–water partition coefficient (Wildman–Crippen LogP) is 2.93. The Labute approximate surface area is 258 Å². The maximum absolute atomic E-state index is 13.6. The van der Waals surface area contributed by atoms with Crippen LogP contribution in [-0.2, 0) is 19.1 Å². The monoisotopic (exact) mass is 621 g/mol. The van der Waals surface area contributed by atoms with Crippen LogP contribution in [0, 0.1) is 5.92 Å². The molecule has 0 spiro atoms. The molecule has 230 valence electrons. The lowest BCUT2D eigenvalue weighted by Gasteiger charge is -2.35. The summed E-state index contributed by atoms with van der Waals surface area (Å²) in [6, 6.07) is 18.8. The lowest BCUT2D eigenvalue weighted by atomic mass is 9.94. The van der Waals surface area contributed by atoms with Crippen LogP contribution in [-0.4, -0.2) is 64.1 Å². The Kier molecular flexibility index (Phi) is 6.90. The number of aromatic amines is 1. The number of carboxylic acids is 1. The van der Waals surface area contributed by atoms with E-state index in [9.17, 15) is 33.9 Å². The third-order valence-corrected chi connectivity index (χ3v) is 7.96. The van der Waals surface area contributed by atoms with Gasteiger partial charge in [-0.15, -0.1) is 0 Å². The van der Waals surface area contributed by atoms with Gasteiger partial charge in [-0.2, -0.15) is 0 Å². The zero-order chi connectivity index (χ0) is 32.1. The van der Waals surface area contributed by atoms with Crippen molar-refractivity contribution in [3.8, 4) is 0 Å². The van der Waals surface area contributed by atoms with Crippen LogP contribution in [0.15, 0.2) is 82.1 Å². The number of aliphatic carboxylic acids is 1. The minimum absolute atomic E-state index is 0.0100. The van der Waals surface area contributed by atoms with Crippen molar-refractivity contribution in [2.45, 2.75) is 12.5 Å². The van der Waals surface area contributed by atoms with Gasteiger partial charge in [-0.3, -0.25) is 28.8 Å². The molecule has 2 atom stereocenters. The summed E-state index contributed by atoms with van der Waals surface area (Å²) in [5.74, 6) is -5.18. The SMILES string of the molecule is O=C(O)C[C@@H](C(=O)Nc1ccc2c(N3C(=O)c4ccccc4C3=O)noc2c1)[C@H]1OCCN(c2ccc3[nH]c(=O)ccc3c2)C1=O. The van der Waals surface area contributed by atoms with E-state index < -0.39 is 48.0 Å². The maximum atomic E-state index is 13.6. The third kappa shape index (κ3) is 4.86. The van der Waals surface area contributed by atoms with Crippen molar-refractivity contribution in [2.75, 3.05) is 28.3 Å². The zero-order valence-corrected chi connectivity index (χ0v) is 23.8. The number of pyridine rings is 1. The van der Waals surface area contributed by atoms with Gasteiger partial charge in [0.15, 0.2) is 11.4 Å². The molecule has 0 aliphatic carbocycles. The molecule has 2 aliphatic rings. The second-order valence-electron chi connectivity index (χ2n) is 10.8. The van der Waals surface area contributed by atoms with Crippen LogP contribution in [0.1, 0.15) is 27.1 Å². The van der Waals surface area contributed by atoms with Crippen LogP contribution in [0.3, 0.4) is 0 Å². The smallest absolute Gasteiger partial charge is 0.304 e. The molecular formula is C32H23N5O9. The molecule has 0 unspecified atom stereocenters. The van der Waals surface area contributed by atoms with E-state index in [1.807, 2.05) is 0 Å². The van der Waals surface area contributed by atoms with E-state index in [0.29, 0.717) is 22.0 Å². The Morgan fingerprint density at radius 2 is 1.74 bits per heavy atom. The quantitative estimate of drug-likeness (QED) is 0.228. The molecule has 4 heterocycles. The second kappa shape index (κ2) is 11.1. The number of aromatic nitrogens is 2. The van der Waals surface area contributed by atoms with Gasteiger partial charge in [0.05, 0.1) is 35.5 Å². The number of rotatable bonds is 7. The molecule has 3 N–H and O–H groups in total. The molecule has 0 radical (unpaired) electrons. The van der Waals surface area contributed by atoms with Gasteiger partial charge in [-0.25, -0.2) is 4.90 Å². The fraction of sp³-hybridized carbons (Fsp3) is 0.156. The van der Waals surface area contributed by atoms with E-state index in [1.54, 1.807) is 48.5 Å². The van der Waals surface area contributed by atoms with Crippen molar-refractivity contribution in [3.63, 3.8) is 0 Å². The molecule has 7 rings (SSSR count). The molecule has 0 saturated carbocycles. The molecule has 1 saturated heterocycles. The Hall–Kier alpha value is -6.15. The summed E-state index contributed by atoms with van der Waals surface area (Å²) in [7, 11) is 0. The fourth-order valence-corrected chi connectivity index (χ4v) is 5.77. The number of benzene rings is 3. The summed E-state index contributed by atoms with van der Waals surface area (Å²) in [6.45, 7) is 0.220. The molecule has 3 aromatic carbocycles. The highest BCUT2D eigenvalue weighted by Crippen LogP contribution is 2.34. The summed E-state index contributed by atoms with van der Waals surface area (Å²) in [4.78, 5) is 81.5. The highest BCUT2D eigenvalue weighted by Gasteiger charge is 2.42. The Bertz CT molecular complexity index is 2140. The van der Waals surface area contributed by atoms with Crippen molar-refractivity contribution < 1.29 is 38.3 Å². The Morgan fingerprint density at radius 3 is 2.48 bits per heavy atom. The van der Waals surface area contributed by atoms with Crippen LogP contribution in [0.5, 0.6) is 0 Å². The fourth-order valence-electron chi connectivity index (χ4n) is 5.77. The highest BCUT2D eigenvalue weighted by molar-refractivity contribution is 6.35. The van der Waals surface area contributed by atoms with Gasteiger partial charge in [-0.05, 0) is 48.5 Å². The van der Waals surface area contributed by atoms with Gasteiger partial charge in [0.2, 0.25) is 11.5 Å². The number of ether oxygens (including phenoxy) is 1. The number of fused-ring (bicyclic) bond motifs is 3. The molecule has 14 nitrogen and oxygen atoms in total. The molecule has 1 fully saturated rings. The molecule has 2 aromatic heterocycles. The number of carboxylic acid groups (broad SMARTS) is 1. The third-order valence-electron chi connectivity index (χ3n) is 7.96. The highest BCUT2D eigenvalue weighted by atomic mass is 16.5. The van der Waals surface area contributed by atoms with Crippen molar-refractivity contribution in [1.82, 2.24) is 10.1 Å². The van der Waals surface area contributed by atoms with E-state index in [-0.39, 0.29) is 46.9 Å². The van der Waals surface area contributed by atoms with Gasteiger partial charge in [0, 0.05) is 41.0 Å². The zero-order valence-electron chi connectivity index (χ0n) is 23.8. The van der Waals surface area contributed by atoms with Crippen LogP contribution < -0.4 is 20.7 Å². The first-order valence-electron chi connectivity index (χ1n) is 14.2. The number of hydrogen-bond donors (Lipinski definition) is 3. The summed E-state index contributed by atoms with van der Waals surface area (Å²) in [6.07, 6.45) is -2.09. The van der Waals surface area contributed by atoms with Gasteiger partial charge in [0.1, 0.15) is 6.10 Å². The first-order chi connectivity index (χ1) is 22.2. The molecule has 2 aliphatic heterocycles. The molecule has 46 heavy (non-hydrogen) atoms. The number of nitrogens with zero attached hydrogens (tertiary/aromatic N) is 3. The number of nitrogens with one attached hydrogen (secondary N) is 2. The number of imide groups is 1. The van der Waals surface area contributed by atoms with Crippen molar-refractivity contribution in [2.24, 2.45) is 5.92 Å². The molecule has 14 heteroatoms. The van der Waals surface area contributed by atoms with Crippen molar-refractivity contribution >= 4 is 68.7 Å². The van der Waals surface area contributed by atoms with E-state index in [4.69, 9.17) is 9.26 Å². The Morgan fingerprint density at radius 1 is 0.978 bits per heavy atom. The first kappa shape index (κ1) is 28.6. The van der Waals surface area contributed by atoms with Gasteiger partial charge >= 0.3 is 5.97 Å². The Balaban J connectivity index is 1.12. The van der Waals surface area contributed by atoms with Crippen LogP contribution in [0.25, 0.3) is 21.9 Å². The second-order valence-corrected chi connectivity index (χ2v) is 10.8. The minimum atomic E-state index is -1.40. The number of carbonyl (C=O) groups excluding carboxylic acids is 4. The number of morpholine rings is 1. The standard InChI is InChI=1S/C32H23N5O9/c38-25-10-5-16-13-18(7-9-23(16)34-25)36-11-12-45-27(32(36)44)22(15-26(39)40)29(41)33-17-6-8-21-24(14-17)46-35-28(21)37-30(42)19-3-1-2-4-20(19)31(37)43/h1-10,13-14,22,27H,11-12,15H2,(H,33,41)(H,34,38)(H,39,40)/t22-,27-/m1/s1. The molecular weight excluding hydrogens is 598 g/mol. The van der Waals surface area contributed by atoms with Crippen molar-refractivity contribution in [3.05, 3.63) is 94.3 Å². The summed E-state index contributed by atoms with van der Waals surface area (Å²) < 4.78 is 11.1. The van der Waals surface area contributed by atoms with E-state index >= 15 is 0 Å². The summed E-state index contributed by atoms with van der Waals surface area (Å²) >= 11 is 0. The van der Waals surface area contributed by atoms with Crippen LogP contribution in [0.2, 0.25) is 0 Å². The van der Waals surface area contributed by atoms with Crippen LogP contribution >= 0.6 is 0 Å². The lowest BCUT2D eigenvalue weighted by molar-refractivity contribution is -0.149. The van der Waals surface area contributed by atoms with Crippen LogP contribution in [0.4, 0.5) is 17.2 Å². The predicted molar refractivity (Wildman–Crippen MR) is 163 cm³/mol. The normalized spacial score (nSPS) is 17.0. The van der Waals surface area contributed by atoms with Gasteiger partial charge in [0.25, 0.3) is 17.7 Å². The largest absolute Gasteiger partial charge is 0.481 e. The van der Waals surface area contributed by atoms with Gasteiger partial charge < -0.3 is 29.6 Å². The average molecular weight is 622 g/mol. The summed E-state index contributed by atoms with van der Waals surface area (Å²) in [5.41, 5.74) is 1.64. The first-order valence-corrected chi connectivity index (χ1v) is 14.2. The summed E-state index contributed by atoms with van der Waals surface area (Å²) in [5, 5.41) is 17.2. The molecule has 4 amide bonds. The maximum Gasteiger partial charge on any atom is 0.304 e. The number of hydrogen-bond acceptors (Lipinski definition) is 9. The van der Waals surface area contributed by atoms with E-state index in [2.05, 4.69) is 15.5 Å². The topological polar surface area (TPSA) is 192 Å². The molecule has 0 bridgehead atoms. The minimum Gasteiger partial charge on any atom is -0.481 e. The van der Waals surface area contributed by atoms with E-state index in [1.165, 1.54) is 29.2 Å². The number of anilines is 3.